The number of carbonyl (C=O) groups excluding carboxylic acids is 1. The second kappa shape index (κ2) is 10.6. The van der Waals surface area contributed by atoms with E-state index in [0.29, 0.717) is 50.2 Å². The van der Waals surface area contributed by atoms with Crippen LogP contribution in [-0.2, 0) is 29.0 Å². The van der Waals surface area contributed by atoms with E-state index in [2.05, 4.69) is 10.1 Å². The molecule has 0 aliphatic carbocycles. The number of nitrogens with zero attached hydrogens (tertiary/aromatic N) is 3. The average Bonchev–Trinajstić information content (AvgIpc) is 3.55. The fourth-order valence-corrected chi connectivity index (χ4v) is 4.19. The molecule has 0 unspecified atom stereocenters. The standard InChI is InChI=1S/C27H26FN3O4/c28-22-10-8-21(9-11-22)26-24(27(35-29-26)30-12-15-33-16-13-30)19-31(18-23-7-4-14-34-23)25(32)17-20-5-2-1-3-6-20/h1-11,14H,12-13,15-19H2. The molecule has 1 amide bonds. The van der Waals surface area contributed by atoms with Crippen molar-refractivity contribution in [2.45, 2.75) is 19.5 Å². The number of benzene rings is 2. The number of morpholine rings is 1. The van der Waals surface area contributed by atoms with Crippen molar-refractivity contribution in [3.63, 3.8) is 0 Å². The van der Waals surface area contributed by atoms with Gasteiger partial charge in [-0.15, -0.1) is 0 Å². The lowest BCUT2D eigenvalue weighted by molar-refractivity contribution is -0.132. The Labute approximate surface area is 202 Å². The molecule has 1 aliphatic heterocycles. The Morgan fingerprint density at radius 1 is 0.971 bits per heavy atom. The molecule has 180 valence electrons. The molecule has 1 aliphatic rings. The minimum atomic E-state index is -0.329. The molecule has 1 saturated heterocycles. The van der Waals surface area contributed by atoms with Crippen molar-refractivity contribution in [2.24, 2.45) is 0 Å². The minimum Gasteiger partial charge on any atom is -0.467 e. The van der Waals surface area contributed by atoms with Gasteiger partial charge in [-0.2, -0.15) is 0 Å². The van der Waals surface area contributed by atoms with Crippen LogP contribution in [0.2, 0.25) is 0 Å². The zero-order valence-corrected chi connectivity index (χ0v) is 19.2. The SMILES string of the molecule is O=C(Cc1ccccc1)N(Cc1ccco1)Cc1c(-c2ccc(F)cc2)noc1N1CCOCC1. The summed E-state index contributed by atoms with van der Waals surface area (Å²) >= 11 is 0. The first-order valence-corrected chi connectivity index (χ1v) is 11.6. The summed E-state index contributed by atoms with van der Waals surface area (Å²) in [7, 11) is 0. The van der Waals surface area contributed by atoms with E-state index in [1.807, 2.05) is 36.4 Å². The number of hydrogen-bond acceptors (Lipinski definition) is 6. The molecule has 4 aromatic rings. The van der Waals surface area contributed by atoms with Crippen LogP contribution in [0.3, 0.4) is 0 Å². The topological polar surface area (TPSA) is 72.0 Å². The Morgan fingerprint density at radius 3 is 2.46 bits per heavy atom. The molecule has 3 heterocycles. The molecule has 7 nitrogen and oxygen atoms in total. The number of hydrogen-bond donors (Lipinski definition) is 0. The summed E-state index contributed by atoms with van der Waals surface area (Å²) in [6.45, 7) is 3.02. The fourth-order valence-electron chi connectivity index (χ4n) is 4.19. The molecule has 0 bridgehead atoms. The lowest BCUT2D eigenvalue weighted by Crippen LogP contribution is -2.37. The van der Waals surface area contributed by atoms with Gasteiger partial charge in [-0.25, -0.2) is 4.39 Å². The molecule has 0 atom stereocenters. The lowest BCUT2D eigenvalue weighted by Gasteiger charge is -2.28. The third-order valence-corrected chi connectivity index (χ3v) is 6.01. The summed E-state index contributed by atoms with van der Waals surface area (Å²) in [5.74, 6) is 0.903. The van der Waals surface area contributed by atoms with Gasteiger partial charge >= 0.3 is 0 Å². The smallest absolute Gasteiger partial charge is 0.233 e. The molecular weight excluding hydrogens is 449 g/mol. The number of anilines is 1. The molecule has 0 radical (unpaired) electrons. The number of carbonyl (C=O) groups is 1. The molecule has 5 rings (SSSR count). The van der Waals surface area contributed by atoms with Crippen molar-refractivity contribution in [3.8, 4) is 11.3 Å². The van der Waals surface area contributed by atoms with Gasteiger partial charge in [0.15, 0.2) is 0 Å². The first-order chi connectivity index (χ1) is 17.2. The van der Waals surface area contributed by atoms with E-state index in [1.165, 1.54) is 12.1 Å². The van der Waals surface area contributed by atoms with E-state index in [-0.39, 0.29) is 24.7 Å². The molecule has 8 heteroatoms. The summed E-state index contributed by atoms with van der Waals surface area (Å²) in [5.41, 5.74) is 3.01. The van der Waals surface area contributed by atoms with Gasteiger partial charge in [-0.3, -0.25) is 4.79 Å². The Kier molecular flexibility index (Phi) is 6.90. The normalized spacial score (nSPS) is 13.7. The number of furan rings is 1. The highest BCUT2D eigenvalue weighted by molar-refractivity contribution is 5.79. The van der Waals surface area contributed by atoms with E-state index in [9.17, 15) is 9.18 Å². The fraction of sp³-hybridized carbons (Fsp3) is 0.259. The van der Waals surface area contributed by atoms with E-state index < -0.39 is 0 Å². The van der Waals surface area contributed by atoms with Gasteiger partial charge < -0.3 is 23.5 Å². The van der Waals surface area contributed by atoms with Crippen molar-refractivity contribution < 1.29 is 22.9 Å². The second-order valence-corrected chi connectivity index (χ2v) is 8.41. The number of halogens is 1. The monoisotopic (exact) mass is 475 g/mol. The maximum atomic E-state index is 13.6. The quantitative estimate of drug-likeness (QED) is 0.369. The van der Waals surface area contributed by atoms with Crippen molar-refractivity contribution in [1.82, 2.24) is 10.1 Å². The van der Waals surface area contributed by atoms with Crippen LogP contribution < -0.4 is 4.90 Å². The van der Waals surface area contributed by atoms with Gasteiger partial charge in [0.25, 0.3) is 0 Å². The van der Waals surface area contributed by atoms with Crippen molar-refractivity contribution in [3.05, 3.63) is 95.7 Å². The van der Waals surface area contributed by atoms with Crippen molar-refractivity contribution in [1.29, 1.82) is 0 Å². The van der Waals surface area contributed by atoms with Gasteiger partial charge in [0.05, 0.1) is 44.6 Å². The van der Waals surface area contributed by atoms with E-state index in [0.717, 1.165) is 16.7 Å². The summed E-state index contributed by atoms with van der Waals surface area (Å²) < 4.78 is 30.5. The van der Waals surface area contributed by atoms with Crippen LogP contribution in [0.1, 0.15) is 16.9 Å². The third-order valence-electron chi connectivity index (χ3n) is 6.01. The summed E-state index contributed by atoms with van der Waals surface area (Å²) in [6, 6.07) is 19.4. The molecule has 0 saturated carbocycles. The summed E-state index contributed by atoms with van der Waals surface area (Å²) in [5, 5.41) is 4.34. The molecule has 35 heavy (non-hydrogen) atoms. The van der Waals surface area contributed by atoms with Crippen LogP contribution in [0, 0.1) is 5.82 Å². The number of amides is 1. The highest BCUT2D eigenvalue weighted by atomic mass is 19.1. The van der Waals surface area contributed by atoms with Crippen LogP contribution >= 0.6 is 0 Å². The van der Waals surface area contributed by atoms with Crippen LogP contribution in [0.5, 0.6) is 0 Å². The number of ether oxygens (including phenoxy) is 1. The largest absolute Gasteiger partial charge is 0.467 e. The van der Waals surface area contributed by atoms with Gasteiger partial charge in [0.1, 0.15) is 17.3 Å². The van der Waals surface area contributed by atoms with Crippen LogP contribution in [0.25, 0.3) is 11.3 Å². The maximum absolute atomic E-state index is 13.6. The third kappa shape index (κ3) is 5.44. The highest BCUT2D eigenvalue weighted by Crippen LogP contribution is 2.33. The van der Waals surface area contributed by atoms with Crippen LogP contribution in [-0.4, -0.2) is 42.3 Å². The average molecular weight is 476 g/mol. The van der Waals surface area contributed by atoms with E-state index in [4.69, 9.17) is 13.7 Å². The van der Waals surface area contributed by atoms with E-state index >= 15 is 0 Å². The molecular formula is C27H26FN3O4. The Balaban J connectivity index is 1.50. The predicted octanol–water partition coefficient (Wildman–Crippen LogP) is 4.68. The Hall–Kier alpha value is -3.91. The highest BCUT2D eigenvalue weighted by Gasteiger charge is 2.27. The van der Waals surface area contributed by atoms with Gasteiger partial charge in [0.2, 0.25) is 11.8 Å². The molecule has 0 N–H and O–H groups in total. The molecule has 2 aromatic carbocycles. The lowest BCUT2D eigenvalue weighted by atomic mass is 10.1. The predicted molar refractivity (Wildman–Crippen MR) is 128 cm³/mol. The van der Waals surface area contributed by atoms with Gasteiger partial charge in [0, 0.05) is 18.7 Å². The summed E-state index contributed by atoms with van der Waals surface area (Å²) in [4.78, 5) is 17.3. The van der Waals surface area contributed by atoms with Crippen molar-refractivity contribution in [2.75, 3.05) is 31.2 Å². The molecule has 1 fully saturated rings. The van der Waals surface area contributed by atoms with Gasteiger partial charge in [-0.1, -0.05) is 35.5 Å². The molecule has 2 aromatic heterocycles. The maximum Gasteiger partial charge on any atom is 0.233 e. The zero-order chi connectivity index (χ0) is 24.0. The van der Waals surface area contributed by atoms with Crippen LogP contribution in [0.15, 0.2) is 81.9 Å². The van der Waals surface area contributed by atoms with E-state index in [1.54, 1.807) is 29.4 Å². The first kappa shape index (κ1) is 22.9. The number of rotatable bonds is 8. The Morgan fingerprint density at radius 2 is 1.74 bits per heavy atom. The zero-order valence-electron chi connectivity index (χ0n) is 19.2. The number of aromatic nitrogens is 1. The van der Waals surface area contributed by atoms with Crippen molar-refractivity contribution >= 4 is 11.8 Å². The van der Waals surface area contributed by atoms with Gasteiger partial charge in [-0.05, 0) is 42.0 Å². The Bertz CT molecular complexity index is 1230. The minimum absolute atomic E-state index is 0.0493. The van der Waals surface area contributed by atoms with Crippen LogP contribution in [0.4, 0.5) is 10.3 Å². The first-order valence-electron chi connectivity index (χ1n) is 11.6. The summed E-state index contributed by atoms with van der Waals surface area (Å²) in [6.07, 6.45) is 1.85. The molecule has 0 spiro atoms. The second-order valence-electron chi connectivity index (χ2n) is 8.41.